The molecule has 2 saturated carbocycles. The van der Waals surface area contributed by atoms with Crippen molar-refractivity contribution >= 4 is 11.9 Å². The lowest BCUT2D eigenvalue weighted by Gasteiger charge is -2.52. The summed E-state index contributed by atoms with van der Waals surface area (Å²) in [6.07, 6.45) is 0.877. The second-order valence-electron chi connectivity index (χ2n) is 17.1. The van der Waals surface area contributed by atoms with E-state index in [2.05, 4.69) is 0 Å². The number of hydrogen-bond donors (Lipinski definition) is 4. The average molecular weight is 583 g/mol. The van der Waals surface area contributed by atoms with Gasteiger partial charge in [-0.05, 0) is 114 Å². The molecule has 4 aliphatic rings. The van der Waals surface area contributed by atoms with Crippen LogP contribution in [0.15, 0.2) is 0 Å². The number of hydroxylamine groups is 4. The second kappa shape index (κ2) is 9.11. The van der Waals surface area contributed by atoms with Gasteiger partial charge in [-0.1, -0.05) is 0 Å². The van der Waals surface area contributed by atoms with Crippen LogP contribution >= 0.6 is 0 Å². The highest BCUT2D eigenvalue weighted by Gasteiger charge is 2.94. The van der Waals surface area contributed by atoms with Crippen LogP contribution < -0.4 is 0 Å². The van der Waals surface area contributed by atoms with Gasteiger partial charge in [0.2, 0.25) is 0 Å². The monoisotopic (exact) mass is 582 g/mol. The lowest BCUT2D eigenvalue weighted by atomic mass is 9.72. The Morgan fingerprint density at radius 2 is 1.12 bits per heavy atom. The second-order valence-corrected chi connectivity index (χ2v) is 17.1. The molecule has 41 heavy (non-hydrogen) atoms. The first-order valence-electron chi connectivity index (χ1n) is 15.0. The molecule has 236 valence electrons. The molecule has 2 aliphatic heterocycles. The van der Waals surface area contributed by atoms with E-state index in [0.717, 1.165) is 0 Å². The Labute approximate surface area is 245 Å². The molecule has 2 aliphatic carbocycles. The highest BCUT2D eigenvalue weighted by Crippen LogP contribution is 2.89. The van der Waals surface area contributed by atoms with Gasteiger partial charge in [-0.2, -0.15) is 10.1 Å². The standard InChI is InChI=1S/C31H54N2O8/c1-24(2)13-18-21(28(9,10)32(24)40-16-26(5,6)38)30(18,15-20(34)35)31(23(36)37)19-14-25(3,4)33(29(11,12)22(19)31)41-17-27(7,8)39/h18-19,21-22,38-39H,13-17H2,1-12H3,(H,34,35)(H,36,37). The third-order valence-electron chi connectivity index (χ3n) is 10.6. The van der Waals surface area contributed by atoms with E-state index in [4.69, 9.17) is 9.68 Å². The Morgan fingerprint density at radius 3 is 1.49 bits per heavy atom. The molecule has 6 atom stereocenters. The summed E-state index contributed by atoms with van der Waals surface area (Å²) in [6.45, 7) is 23.0. The first kappa shape index (κ1) is 32.6. The molecule has 10 nitrogen and oxygen atoms in total. The van der Waals surface area contributed by atoms with Gasteiger partial charge in [0.15, 0.2) is 0 Å². The fraction of sp³-hybridized carbons (Fsp3) is 0.935. The third-order valence-corrected chi connectivity index (χ3v) is 10.6. The number of fused-ring (bicyclic) bond motifs is 2. The molecule has 4 N–H and O–H groups in total. The van der Waals surface area contributed by atoms with Crippen LogP contribution in [0, 0.1) is 34.5 Å². The van der Waals surface area contributed by atoms with E-state index >= 15 is 0 Å². The number of aliphatic carboxylic acids is 2. The zero-order chi connectivity index (χ0) is 31.6. The number of piperidine rings is 2. The van der Waals surface area contributed by atoms with Gasteiger partial charge in [0.1, 0.15) is 0 Å². The summed E-state index contributed by atoms with van der Waals surface area (Å²) in [7, 11) is 0. The SMILES string of the molecule is CC(C)(O)CON1C(C)(C)CC2C(C1(C)C)C2(CC(=O)O)C1(C(=O)O)C2CC(C)(C)N(OCC(C)(C)O)C(C)(C)C21. The van der Waals surface area contributed by atoms with Crippen LogP contribution in [-0.4, -0.2) is 89.1 Å². The number of hydrogen-bond acceptors (Lipinski definition) is 8. The van der Waals surface area contributed by atoms with E-state index in [0.29, 0.717) is 12.8 Å². The normalized spacial score (nSPS) is 39.0. The van der Waals surface area contributed by atoms with E-state index in [1.807, 2.05) is 65.5 Å². The van der Waals surface area contributed by atoms with Crippen molar-refractivity contribution in [3.63, 3.8) is 0 Å². The predicted octanol–water partition coefficient (Wildman–Crippen LogP) is 3.94. The van der Waals surface area contributed by atoms with Crippen molar-refractivity contribution in [1.82, 2.24) is 10.1 Å². The van der Waals surface area contributed by atoms with Crippen molar-refractivity contribution in [3.8, 4) is 0 Å². The minimum Gasteiger partial charge on any atom is -0.481 e. The summed E-state index contributed by atoms with van der Waals surface area (Å²) in [5, 5.41) is 46.2. The van der Waals surface area contributed by atoms with Gasteiger partial charge in [-0.15, -0.1) is 0 Å². The van der Waals surface area contributed by atoms with Crippen molar-refractivity contribution in [1.29, 1.82) is 0 Å². The molecule has 2 heterocycles. The number of aliphatic hydroxyl groups is 2. The molecule has 4 rings (SSSR count). The Bertz CT molecular complexity index is 1090. The number of rotatable bonds is 10. The lowest BCUT2D eigenvalue weighted by molar-refractivity contribution is -0.300. The highest BCUT2D eigenvalue weighted by molar-refractivity contribution is 5.85. The summed E-state index contributed by atoms with van der Waals surface area (Å²) in [5.41, 5.74) is -6.92. The van der Waals surface area contributed by atoms with E-state index in [9.17, 15) is 30.0 Å². The molecule has 0 radical (unpaired) electrons. The third kappa shape index (κ3) is 4.75. The van der Waals surface area contributed by atoms with Crippen molar-refractivity contribution in [2.75, 3.05) is 13.2 Å². The van der Waals surface area contributed by atoms with Crippen LogP contribution in [0.3, 0.4) is 0 Å². The first-order valence-corrected chi connectivity index (χ1v) is 15.0. The number of carbonyl (C=O) groups is 2. The van der Waals surface area contributed by atoms with Gasteiger partial charge in [-0.3, -0.25) is 19.3 Å². The minimum absolute atomic E-state index is 0.0531. The number of carboxylic acids is 2. The smallest absolute Gasteiger partial charge is 0.310 e. The zero-order valence-corrected chi connectivity index (χ0v) is 27.2. The molecule has 0 bridgehead atoms. The van der Waals surface area contributed by atoms with Gasteiger partial charge in [-0.25, -0.2) is 0 Å². The molecule has 4 fully saturated rings. The number of nitrogens with zero attached hydrogens (tertiary/aromatic N) is 2. The number of carboxylic acid groups (broad SMARTS) is 2. The maximum atomic E-state index is 13.7. The van der Waals surface area contributed by atoms with Crippen molar-refractivity contribution < 1.29 is 39.7 Å². The fourth-order valence-corrected chi connectivity index (χ4v) is 10.2. The van der Waals surface area contributed by atoms with Crippen molar-refractivity contribution in [2.45, 2.75) is 136 Å². The molecule has 10 heteroatoms. The lowest BCUT2D eigenvalue weighted by Crippen LogP contribution is -2.61. The van der Waals surface area contributed by atoms with Crippen LogP contribution in [0.25, 0.3) is 0 Å². The van der Waals surface area contributed by atoms with Gasteiger partial charge in [0, 0.05) is 33.5 Å². The van der Waals surface area contributed by atoms with E-state index in [-0.39, 0.29) is 43.3 Å². The maximum absolute atomic E-state index is 13.7. The van der Waals surface area contributed by atoms with Crippen LogP contribution in [0.5, 0.6) is 0 Å². The summed E-state index contributed by atoms with van der Waals surface area (Å²) in [4.78, 5) is 38.9. The highest BCUT2D eigenvalue weighted by atomic mass is 16.7. The Morgan fingerprint density at radius 1 is 0.732 bits per heavy atom. The van der Waals surface area contributed by atoms with E-state index < -0.39 is 56.1 Å². The Balaban J connectivity index is 1.83. The molecule has 0 aromatic carbocycles. The van der Waals surface area contributed by atoms with Crippen LogP contribution in [0.2, 0.25) is 0 Å². The van der Waals surface area contributed by atoms with E-state index in [1.54, 1.807) is 27.7 Å². The predicted molar refractivity (Wildman–Crippen MR) is 152 cm³/mol. The van der Waals surface area contributed by atoms with Crippen molar-refractivity contribution in [2.24, 2.45) is 34.5 Å². The molecule has 2 saturated heterocycles. The van der Waals surface area contributed by atoms with Gasteiger partial charge in [0.25, 0.3) is 0 Å². The van der Waals surface area contributed by atoms with Crippen molar-refractivity contribution in [3.05, 3.63) is 0 Å². The summed E-state index contributed by atoms with van der Waals surface area (Å²) in [6, 6.07) is 0. The summed E-state index contributed by atoms with van der Waals surface area (Å²) >= 11 is 0. The fourth-order valence-electron chi connectivity index (χ4n) is 10.2. The minimum atomic E-state index is -1.27. The maximum Gasteiger partial charge on any atom is 0.310 e. The summed E-state index contributed by atoms with van der Waals surface area (Å²) < 4.78 is 0. The average Bonchev–Trinajstić information content (AvgIpc) is 3.55. The van der Waals surface area contributed by atoms with Crippen LogP contribution in [-0.2, 0) is 19.3 Å². The van der Waals surface area contributed by atoms with Crippen LogP contribution in [0.4, 0.5) is 0 Å². The molecule has 6 unspecified atom stereocenters. The van der Waals surface area contributed by atoms with Gasteiger partial charge >= 0.3 is 11.9 Å². The zero-order valence-electron chi connectivity index (χ0n) is 27.2. The molecule has 0 amide bonds. The quantitative estimate of drug-likeness (QED) is 0.299. The topological polar surface area (TPSA) is 140 Å². The Hall–Kier alpha value is -1.30. The largest absolute Gasteiger partial charge is 0.481 e. The van der Waals surface area contributed by atoms with Crippen LogP contribution in [0.1, 0.15) is 102 Å². The molecule has 0 aromatic rings. The molecule has 0 aromatic heterocycles. The van der Waals surface area contributed by atoms with Gasteiger partial charge < -0.3 is 20.4 Å². The summed E-state index contributed by atoms with van der Waals surface area (Å²) in [5.74, 6) is -2.88. The molecular formula is C31H54N2O8. The molecular weight excluding hydrogens is 528 g/mol. The first-order chi connectivity index (χ1) is 18.2. The molecule has 0 spiro atoms. The van der Waals surface area contributed by atoms with E-state index in [1.165, 1.54) is 0 Å². The van der Waals surface area contributed by atoms with Gasteiger partial charge in [0.05, 0.1) is 36.3 Å². The Kier molecular flexibility index (Phi) is 7.25.